The van der Waals surface area contributed by atoms with E-state index in [-0.39, 0.29) is 19.3 Å². The van der Waals surface area contributed by atoms with E-state index in [1.54, 1.807) is 14.0 Å². The fourth-order valence-electron chi connectivity index (χ4n) is 2.45. The number of amides is 1. The monoisotopic (exact) mass is 279 g/mol. The third-order valence-corrected chi connectivity index (χ3v) is 3.42. The largest absolute Gasteiger partial charge is 0.445 e. The van der Waals surface area contributed by atoms with E-state index in [0.717, 1.165) is 5.56 Å². The van der Waals surface area contributed by atoms with Gasteiger partial charge in [-0.1, -0.05) is 30.3 Å². The summed E-state index contributed by atoms with van der Waals surface area (Å²) in [5.74, 6) is 0. The van der Waals surface area contributed by atoms with E-state index >= 15 is 0 Å². The lowest BCUT2D eigenvalue weighted by Gasteiger charge is -2.40. The molecule has 0 unspecified atom stereocenters. The van der Waals surface area contributed by atoms with Crippen molar-refractivity contribution >= 4 is 6.09 Å². The molecule has 0 radical (unpaired) electrons. The Morgan fingerprint density at radius 2 is 2.15 bits per heavy atom. The van der Waals surface area contributed by atoms with Crippen molar-refractivity contribution in [3.05, 3.63) is 35.9 Å². The molecule has 5 nitrogen and oxygen atoms in total. The van der Waals surface area contributed by atoms with Gasteiger partial charge in [0, 0.05) is 13.5 Å². The standard InChI is InChI=1S/C15H21NO4/c1-15(18)8-13(19-2)9-16(11-15)14(17)20-10-12-6-4-3-5-7-12/h3-7,13,18H,8-11H2,1-2H3/t13-,15+/m1/s1. The van der Waals surface area contributed by atoms with Crippen molar-refractivity contribution in [1.82, 2.24) is 4.90 Å². The Labute approximate surface area is 119 Å². The highest BCUT2D eigenvalue weighted by molar-refractivity contribution is 5.68. The number of benzene rings is 1. The molecule has 1 aromatic carbocycles. The van der Waals surface area contributed by atoms with Crippen LogP contribution in [0.25, 0.3) is 0 Å². The van der Waals surface area contributed by atoms with Crippen molar-refractivity contribution in [3.8, 4) is 0 Å². The van der Waals surface area contributed by atoms with Gasteiger partial charge in [-0.2, -0.15) is 0 Å². The topological polar surface area (TPSA) is 59.0 Å². The number of piperidine rings is 1. The van der Waals surface area contributed by atoms with Gasteiger partial charge in [0.15, 0.2) is 0 Å². The van der Waals surface area contributed by atoms with Gasteiger partial charge < -0.3 is 19.5 Å². The molecule has 2 atom stereocenters. The molecule has 20 heavy (non-hydrogen) atoms. The summed E-state index contributed by atoms with van der Waals surface area (Å²) in [5, 5.41) is 10.2. The van der Waals surface area contributed by atoms with E-state index < -0.39 is 11.7 Å². The Bertz CT molecular complexity index is 446. The van der Waals surface area contributed by atoms with Crippen LogP contribution in [0.2, 0.25) is 0 Å². The molecule has 0 aliphatic carbocycles. The van der Waals surface area contributed by atoms with E-state index in [2.05, 4.69) is 0 Å². The Morgan fingerprint density at radius 3 is 2.80 bits per heavy atom. The molecule has 5 heteroatoms. The van der Waals surface area contributed by atoms with Crippen molar-refractivity contribution in [2.24, 2.45) is 0 Å². The first-order chi connectivity index (χ1) is 9.50. The van der Waals surface area contributed by atoms with Gasteiger partial charge >= 0.3 is 6.09 Å². The van der Waals surface area contributed by atoms with Crippen molar-refractivity contribution in [2.45, 2.75) is 31.7 Å². The summed E-state index contributed by atoms with van der Waals surface area (Å²) in [5.41, 5.74) is -0.00191. The minimum atomic E-state index is -0.940. The summed E-state index contributed by atoms with van der Waals surface area (Å²) in [4.78, 5) is 13.6. The normalized spacial score (nSPS) is 26.4. The molecule has 1 aliphatic heterocycles. The van der Waals surface area contributed by atoms with Crippen molar-refractivity contribution < 1.29 is 19.4 Å². The number of aliphatic hydroxyl groups is 1. The zero-order chi connectivity index (χ0) is 14.6. The summed E-state index contributed by atoms with van der Waals surface area (Å²) in [7, 11) is 1.58. The van der Waals surface area contributed by atoms with Crippen LogP contribution in [0.3, 0.4) is 0 Å². The Kier molecular flexibility index (Phi) is 4.62. The molecule has 1 amide bonds. The number of rotatable bonds is 3. The van der Waals surface area contributed by atoms with Gasteiger partial charge in [-0.3, -0.25) is 0 Å². The molecule has 1 heterocycles. The Morgan fingerprint density at radius 1 is 1.45 bits per heavy atom. The predicted molar refractivity (Wildman–Crippen MR) is 74.2 cm³/mol. The molecule has 2 rings (SSSR count). The van der Waals surface area contributed by atoms with Crippen LogP contribution in [0.5, 0.6) is 0 Å². The van der Waals surface area contributed by atoms with Gasteiger partial charge in [-0.05, 0) is 12.5 Å². The summed E-state index contributed by atoms with van der Waals surface area (Å²) < 4.78 is 10.5. The van der Waals surface area contributed by atoms with Crippen molar-refractivity contribution in [2.75, 3.05) is 20.2 Å². The lowest BCUT2D eigenvalue weighted by Crippen LogP contribution is -2.54. The second kappa shape index (κ2) is 6.24. The summed E-state index contributed by atoms with van der Waals surface area (Å²) in [6, 6.07) is 9.51. The van der Waals surface area contributed by atoms with Gasteiger partial charge in [0.2, 0.25) is 0 Å². The lowest BCUT2D eigenvalue weighted by atomic mass is 9.93. The number of hydrogen-bond acceptors (Lipinski definition) is 4. The van der Waals surface area contributed by atoms with E-state index in [9.17, 15) is 9.90 Å². The smallest absolute Gasteiger partial charge is 0.410 e. The van der Waals surface area contributed by atoms with E-state index in [1.165, 1.54) is 4.90 Å². The van der Waals surface area contributed by atoms with Crippen LogP contribution < -0.4 is 0 Å². The molecule has 1 saturated heterocycles. The zero-order valence-corrected chi connectivity index (χ0v) is 11.9. The van der Waals surface area contributed by atoms with Gasteiger partial charge in [0.25, 0.3) is 0 Å². The summed E-state index contributed by atoms with van der Waals surface area (Å²) in [6.45, 7) is 2.65. The van der Waals surface area contributed by atoms with Crippen molar-refractivity contribution in [1.29, 1.82) is 0 Å². The van der Waals surface area contributed by atoms with E-state index in [0.29, 0.717) is 13.0 Å². The molecule has 0 saturated carbocycles. The zero-order valence-electron chi connectivity index (χ0n) is 11.9. The number of nitrogens with zero attached hydrogens (tertiary/aromatic N) is 1. The quantitative estimate of drug-likeness (QED) is 0.916. The highest BCUT2D eigenvalue weighted by atomic mass is 16.6. The second-order valence-electron chi connectivity index (χ2n) is 5.48. The van der Waals surface area contributed by atoms with Gasteiger partial charge in [-0.15, -0.1) is 0 Å². The van der Waals surface area contributed by atoms with Crippen molar-refractivity contribution in [3.63, 3.8) is 0 Å². The fraction of sp³-hybridized carbons (Fsp3) is 0.533. The SMILES string of the molecule is CO[C@H]1CN(C(=O)OCc2ccccc2)C[C@@](C)(O)C1. The van der Waals surface area contributed by atoms with Crippen LogP contribution in [-0.4, -0.2) is 48.0 Å². The third kappa shape index (κ3) is 3.95. The molecule has 1 aliphatic rings. The first kappa shape index (κ1) is 14.8. The molecule has 1 fully saturated rings. The first-order valence-electron chi connectivity index (χ1n) is 6.71. The van der Waals surface area contributed by atoms with Crippen LogP contribution in [0.4, 0.5) is 4.79 Å². The van der Waals surface area contributed by atoms with E-state index in [4.69, 9.17) is 9.47 Å². The summed E-state index contributed by atoms with van der Waals surface area (Å²) in [6.07, 6.45) is -0.0645. The van der Waals surface area contributed by atoms with Gasteiger partial charge in [-0.25, -0.2) is 4.79 Å². The second-order valence-corrected chi connectivity index (χ2v) is 5.48. The Balaban J connectivity index is 1.91. The van der Waals surface area contributed by atoms with Crippen LogP contribution in [0, 0.1) is 0 Å². The molecule has 1 aromatic rings. The van der Waals surface area contributed by atoms with Crippen LogP contribution in [0.1, 0.15) is 18.9 Å². The number of carbonyl (C=O) groups excluding carboxylic acids is 1. The number of hydrogen-bond donors (Lipinski definition) is 1. The van der Waals surface area contributed by atoms with E-state index in [1.807, 2.05) is 30.3 Å². The number of ether oxygens (including phenoxy) is 2. The highest BCUT2D eigenvalue weighted by Crippen LogP contribution is 2.23. The van der Waals surface area contributed by atoms with Crippen LogP contribution in [0.15, 0.2) is 30.3 Å². The summed E-state index contributed by atoms with van der Waals surface area (Å²) >= 11 is 0. The molecule has 1 N–H and O–H groups in total. The molecular formula is C15H21NO4. The minimum absolute atomic E-state index is 0.164. The van der Waals surface area contributed by atoms with Crippen LogP contribution >= 0.6 is 0 Å². The lowest BCUT2D eigenvalue weighted by molar-refractivity contribution is -0.0772. The molecular weight excluding hydrogens is 258 g/mol. The van der Waals surface area contributed by atoms with Gasteiger partial charge in [0.1, 0.15) is 6.61 Å². The third-order valence-electron chi connectivity index (χ3n) is 3.42. The molecule has 110 valence electrons. The van der Waals surface area contributed by atoms with Gasteiger partial charge in [0.05, 0.1) is 24.8 Å². The maximum absolute atomic E-state index is 12.1. The first-order valence-corrected chi connectivity index (χ1v) is 6.71. The molecule has 0 aromatic heterocycles. The highest BCUT2D eigenvalue weighted by Gasteiger charge is 2.37. The predicted octanol–water partition coefficient (Wildman–Crippen LogP) is 1.79. The average molecular weight is 279 g/mol. The molecule has 0 spiro atoms. The maximum atomic E-state index is 12.1. The maximum Gasteiger partial charge on any atom is 0.410 e. The Hall–Kier alpha value is -1.59. The number of carbonyl (C=O) groups is 1. The fourth-order valence-corrected chi connectivity index (χ4v) is 2.45. The number of β-amino-alcohol motifs (C(OH)–C–C–N with tert-alkyl or cyclic N) is 1. The van der Waals surface area contributed by atoms with Crippen LogP contribution in [-0.2, 0) is 16.1 Å². The average Bonchev–Trinajstić information content (AvgIpc) is 2.44. The number of methoxy groups -OCH3 is 1. The molecule has 0 bridgehead atoms. The minimum Gasteiger partial charge on any atom is -0.445 e. The number of likely N-dealkylation sites (tertiary alicyclic amines) is 1.